The molecule has 0 bridgehead atoms. The van der Waals surface area contributed by atoms with Crippen LogP contribution in [0.3, 0.4) is 0 Å². The van der Waals surface area contributed by atoms with Crippen molar-refractivity contribution < 1.29 is 4.79 Å². The Morgan fingerprint density at radius 2 is 2.15 bits per heavy atom. The first-order valence-electron chi connectivity index (χ1n) is 7.77. The van der Waals surface area contributed by atoms with E-state index in [2.05, 4.69) is 10.3 Å². The minimum atomic E-state index is -0.481. The van der Waals surface area contributed by atoms with Gasteiger partial charge in [-0.2, -0.15) is 5.26 Å². The minimum Gasteiger partial charge on any atom is -0.316 e. The maximum absolute atomic E-state index is 12.3. The number of nitrogens with zero attached hydrogens (tertiary/aromatic N) is 3. The number of anilines is 1. The number of amides is 1. The van der Waals surface area contributed by atoms with Gasteiger partial charge in [0, 0.05) is 23.0 Å². The second-order valence-corrected chi connectivity index (χ2v) is 6.88. The summed E-state index contributed by atoms with van der Waals surface area (Å²) in [6.07, 6.45) is 3.17. The third-order valence-electron chi connectivity index (χ3n) is 3.88. The molecule has 3 aromatic rings. The number of rotatable bonds is 4. The van der Waals surface area contributed by atoms with Crippen molar-refractivity contribution in [2.45, 2.75) is 13.8 Å². The van der Waals surface area contributed by atoms with Crippen molar-refractivity contribution in [3.05, 3.63) is 69.5 Å². The number of carbonyl (C=O) groups excluding carboxylic acids is 1. The summed E-state index contributed by atoms with van der Waals surface area (Å²) >= 11 is 7.61. The number of hydrogen-bond donors (Lipinski definition) is 1. The van der Waals surface area contributed by atoms with Gasteiger partial charge in [-0.15, -0.1) is 11.3 Å². The molecule has 130 valence electrons. The molecule has 0 atom stereocenters. The highest BCUT2D eigenvalue weighted by molar-refractivity contribution is 7.13. The fourth-order valence-electron chi connectivity index (χ4n) is 2.69. The first-order valence-corrected chi connectivity index (χ1v) is 9.03. The quantitative estimate of drug-likeness (QED) is 0.522. The average molecular weight is 383 g/mol. The van der Waals surface area contributed by atoms with Gasteiger partial charge in [0.05, 0.1) is 10.7 Å². The Kier molecular flexibility index (Phi) is 5.21. The smallest absolute Gasteiger partial charge is 0.268 e. The summed E-state index contributed by atoms with van der Waals surface area (Å²) in [7, 11) is 0. The standard InChI is InChI=1S/C19H15ClN4OS/c1-12-9-14(13(2)24(12)17-6-4-3-5-16(17)20)10-15(11-21)18(25)23-19-22-7-8-26-19/h3-10H,1-2H3,(H,22,23,25)/b15-10-. The predicted molar refractivity (Wildman–Crippen MR) is 105 cm³/mol. The number of nitrogens with one attached hydrogen (secondary N) is 1. The summed E-state index contributed by atoms with van der Waals surface area (Å²) in [6.45, 7) is 3.88. The van der Waals surface area contributed by atoms with E-state index < -0.39 is 5.91 Å². The first kappa shape index (κ1) is 17.9. The number of hydrogen-bond acceptors (Lipinski definition) is 4. The van der Waals surface area contributed by atoms with Crippen molar-refractivity contribution >= 4 is 40.1 Å². The van der Waals surface area contributed by atoms with E-state index >= 15 is 0 Å². The summed E-state index contributed by atoms with van der Waals surface area (Å²) in [5, 5.41) is 14.9. The molecule has 0 fully saturated rings. The second kappa shape index (κ2) is 7.56. The molecule has 0 aliphatic carbocycles. The Labute approximate surface area is 160 Å². The summed E-state index contributed by atoms with van der Waals surface area (Å²) in [6, 6.07) is 11.4. The lowest BCUT2D eigenvalue weighted by Gasteiger charge is -2.11. The summed E-state index contributed by atoms with van der Waals surface area (Å²) in [5.41, 5.74) is 3.51. The number of nitriles is 1. The molecule has 0 aliphatic heterocycles. The lowest BCUT2D eigenvalue weighted by atomic mass is 10.1. The van der Waals surface area contributed by atoms with Gasteiger partial charge in [0.25, 0.3) is 5.91 Å². The van der Waals surface area contributed by atoms with Crippen LogP contribution in [0.4, 0.5) is 5.13 Å². The molecule has 0 spiro atoms. The van der Waals surface area contributed by atoms with Crippen LogP contribution in [0.25, 0.3) is 11.8 Å². The van der Waals surface area contributed by atoms with E-state index in [0.717, 1.165) is 22.6 Å². The van der Waals surface area contributed by atoms with Crippen LogP contribution in [-0.2, 0) is 4.79 Å². The number of halogens is 1. The normalized spacial score (nSPS) is 11.2. The third-order valence-corrected chi connectivity index (χ3v) is 4.89. The number of thiazole rings is 1. The lowest BCUT2D eigenvalue weighted by molar-refractivity contribution is -0.112. The van der Waals surface area contributed by atoms with Crippen molar-refractivity contribution in [1.82, 2.24) is 9.55 Å². The lowest BCUT2D eigenvalue weighted by Crippen LogP contribution is -2.13. The van der Waals surface area contributed by atoms with E-state index in [1.54, 1.807) is 17.7 Å². The zero-order valence-corrected chi connectivity index (χ0v) is 15.7. The summed E-state index contributed by atoms with van der Waals surface area (Å²) in [4.78, 5) is 16.3. The molecule has 2 heterocycles. The third kappa shape index (κ3) is 3.54. The van der Waals surface area contributed by atoms with Crippen LogP contribution in [0.1, 0.15) is 17.0 Å². The van der Waals surface area contributed by atoms with Crippen LogP contribution in [-0.4, -0.2) is 15.5 Å². The molecular formula is C19H15ClN4OS. The molecule has 2 aromatic heterocycles. The number of carbonyl (C=O) groups is 1. The zero-order chi connectivity index (χ0) is 18.7. The maximum Gasteiger partial charge on any atom is 0.268 e. The number of aryl methyl sites for hydroxylation is 1. The van der Waals surface area contributed by atoms with Crippen LogP contribution in [0.2, 0.25) is 5.02 Å². The van der Waals surface area contributed by atoms with Gasteiger partial charge >= 0.3 is 0 Å². The Bertz CT molecular complexity index is 1030. The van der Waals surface area contributed by atoms with E-state index in [1.165, 1.54) is 11.3 Å². The molecule has 0 unspecified atom stereocenters. The maximum atomic E-state index is 12.3. The highest BCUT2D eigenvalue weighted by Gasteiger charge is 2.15. The molecule has 0 saturated carbocycles. The van der Waals surface area contributed by atoms with Crippen LogP contribution in [0.5, 0.6) is 0 Å². The molecule has 0 saturated heterocycles. The van der Waals surface area contributed by atoms with E-state index in [-0.39, 0.29) is 5.57 Å². The first-order chi connectivity index (χ1) is 12.5. The van der Waals surface area contributed by atoms with Gasteiger partial charge < -0.3 is 4.57 Å². The van der Waals surface area contributed by atoms with Crippen molar-refractivity contribution in [2.24, 2.45) is 0 Å². The molecule has 1 N–H and O–H groups in total. The zero-order valence-electron chi connectivity index (χ0n) is 14.2. The van der Waals surface area contributed by atoms with Gasteiger partial charge in [-0.3, -0.25) is 10.1 Å². The van der Waals surface area contributed by atoms with Gasteiger partial charge in [0.15, 0.2) is 5.13 Å². The number of aromatic nitrogens is 2. The van der Waals surface area contributed by atoms with Crippen LogP contribution < -0.4 is 5.32 Å². The van der Waals surface area contributed by atoms with Crippen molar-refractivity contribution in [1.29, 1.82) is 5.26 Å². The fraction of sp³-hybridized carbons (Fsp3) is 0.105. The Hall–Kier alpha value is -2.88. The molecule has 5 nitrogen and oxygen atoms in total. The second-order valence-electron chi connectivity index (χ2n) is 5.57. The molecule has 0 radical (unpaired) electrons. The van der Waals surface area contributed by atoms with Crippen LogP contribution in [0, 0.1) is 25.2 Å². The Balaban J connectivity index is 1.98. The molecular weight excluding hydrogens is 368 g/mol. The van der Waals surface area contributed by atoms with Gasteiger partial charge in [-0.25, -0.2) is 4.98 Å². The van der Waals surface area contributed by atoms with Crippen molar-refractivity contribution in [3.8, 4) is 11.8 Å². The molecule has 7 heteroatoms. The van der Waals surface area contributed by atoms with Crippen molar-refractivity contribution in [2.75, 3.05) is 5.32 Å². The molecule has 0 aliphatic rings. The summed E-state index contributed by atoms with van der Waals surface area (Å²) < 4.78 is 2.00. The van der Waals surface area contributed by atoms with Crippen LogP contribution >= 0.6 is 22.9 Å². The van der Waals surface area contributed by atoms with E-state index in [0.29, 0.717) is 10.2 Å². The van der Waals surface area contributed by atoms with Gasteiger partial charge in [-0.1, -0.05) is 23.7 Å². The average Bonchev–Trinajstić information content (AvgIpc) is 3.22. The predicted octanol–water partition coefficient (Wildman–Crippen LogP) is 4.75. The molecule has 1 aromatic carbocycles. The number of para-hydroxylation sites is 1. The van der Waals surface area contributed by atoms with Gasteiger partial charge in [-0.05, 0) is 43.7 Å². The molecule has 3 rings (SSSR count). The Morgan fingerprint density at radius 3 is 2.81 bits per heavy atom. The Morgan fingerprint density at radius 1 is 1.38 bits per heavy atom. The monoisotopic (exact) mass is 382 g/mol. The van der Waals surface area contributed by atoms with E-state index in [9.17, 15) is 10.1 Å². The van der Waals surface area contributed by atoms with Gasteiger partial charge in [0.2, 0.25) is 0 Å². The highest BCUT2D eigenvalue weighted by atomic mass is 35.5. The minimum absolute atomic E-state index is 0.0135. The fourth-order valence-corrected chi connectivity index (χ4v) is 3.44. The number of benzene rings is 1. The summed E-state index contributed by atoms with van der Waals surface area (Å²) in [5.74, 6) is -0.481. The molecule has 1 amide bonds. The van der Waals surface area contributed by atoms with E-state index in [1.807, 2.05) is 54.8 Å². The van der Waals surface area contributed by atoms with Gasteiger partial charge in [0.1, 0.15) is 11.6 Å². The van der Waals surface area contributed by atoms with E-state index in [4.69, 9.17) is 11.6 Å². The SMILES string of the molecule is Cc1cc(/C=C(/C#N)C(=O)Nc2nccs2)c(C)n1-c1ccccc1Cl. The highest BCUT2D eigenvalue weighted by Crippen LogP contribution is 2.27. The largest absolute Gasteiger partial charge is 0.316 e. The van der Waals surface area contributed by atoms with Crippen molar-refractivity contribution in [3.63, 3.8) is 0 Å². The topological polar surface area (TPSA) is 70.7 Å². The molecule has 26 heavy (non-hydrogen) atoms. The van der Waals surface area contributed by atoms with Crippen LogP contribution in [0.15, 0.2) is 47.5 Å².